The molecule has 0 aliphatic heterocycles. The molecule has 2 aromatic carbocycles. The third-order valence-corrected chi connectivity index (χ3v) is 5.75. The van der Waals surface area contributed by atoms with Gasteiger partial charge in [0.1, 0.15) is 5.75 Å². The molecule has 0 amide bonds. The molecule has 0 N–H and O–H groups in total. The number of carbonyl (C=O) groups excluding carboxylic acids is 1. The van der Waals surface area contributed by atoms with E-state index in [9.17, 15) is 9.59 Å². The van der Waals surface area contributed by atoms with Crippen LogP contribution in [0.1, 0.15) is 11.1 Å². The summed E-state index contributed by atoms with van der Waals surface area (Å²) in [7, 11) is 0. The van der Waals surface area contributed by atoms with Gasteiger partial charge in [-0.05, 0) is 47.5 Å². The Labute approximate surface area is 192 Å². The first kappa shape index (κ1) is 20.5. The fraction of sp³-hybridized carbons (Fsp3) is 0. The molecule has 5 aromatic rings. The number of benzene rings is 2. The Hall–Kier alpha value is -4.43. The highest BCUT2D eigenvalue weighted by Crippen LogP contribution is 2.17. The highest BCUT2D eigenvalue weighted by atomic mass is 32.1. The van der Waals surface area contributed by atoms with Gasteiger partial charge in [0.05, 0.1) is 4.53 Å². The molecule has 0 radical (unpaired) electrons. The second kappa shape index (κ2) is 8.97. The van der Waals surface area contributed by atoms with E-state index < -0.39 is 5.97 Å². The third-order valence-electron chi connectivity index (χ3n) is 4.79. The lowest BCUT2D eigenvalue weighted by Crippen LogP contribution is -2.23. The highest BCUT2D eigenvalue weighted by molar-refractivity contribution is 7.15. The van der Waals surface area contributed by atoms with Crippen molar-refractivity contribution in [2.24, 2.45) is 0 Å². The van der Waals surface area contributed by atoms with Gasteiger partial charge in [-0.25, -0.2) is 9.20 Å². The zero-order valence-corrected chi connectivity index (χ0v) is 18.0. The van der Waals surface area contributed by atoms with Gasteiger partial charge in [0, 0.05) is 24.0 Å². The van der Waals surface area contributed by atoms with Crippen molar-refractivity contribution in [3.63, 3.8) is 0 Å². The number of pyridine rings is 1. The Balaban J connectivity index is 1.36. The van der Waals surface area contributed by atoms with E-state index in [2.05, 4.69) is 15.2 Å². The maximum atomic E-state index is 13.0. The Bertz CT molecular complexity index is 1560. The monoisotopic (exact) mass is 452 g/mol. The quantitative estimate of drug-likeness (QED) is 0.231. The van der Waals surface area contributed by atoms with E-state index in [-0.39, 0.29) is 5.56 Å². The molecule has 7 nitrogen and oxygen atoms in total. The molecule has 0 aliphatic rings. The zero-order valence-electron chi connectivity index (χ0n) is 17.2. The molecule has 5 rings (SSSR count). The summed E-state index contributed by atoms with van der Waals surface area (Å²) in [5, 5.41) is 8.27. The van der Waals surface area contributed by atoms with E-state index in [0.29, 0.717) is 21.1 Å². The summed E-state index contributed by atoms with van der Waals surface area (Å²) < 4.78 is 7.37. The van der Waals surface area contributed by atoms with E-state index in [1.54, 1.807) is 60.9 Å². The van der Waals surface area contributed by atoms with E-state index in [1.165, 1.54) is 21.8 Å². The molecule has 0 saturated carbocycles. The fourth-order valence-electron chi connectivity index (χ4n) is 3.21. The van der Waals surface area contributed by atoms with Gasteiger partial charge in [0.2, 0.25) is 4.96 Å². The number of fused-ring (bicyclic) bond motifs is 1. The third kappa shape index (κ3) is 4.46. The maximum absolute atomic E-state index is 13.0. The smallest absolute Gasteiger partial charge is 0.336 e. The van der Waals surface area contributed by atoms with Gasteiger partial charge in [0.25, 0.3) is 5.56 Å². The topological polar surface area (TPSA) is 86.4 Å². The first-order valence-electron chi connectivity index (χ1n) is 10.0. The number of aromatic nitrogens is 4. The van der Waals surface area contributed by atoms with E-state index in [4.69, 9.17) is 4.74 Å². The molecular formula is C25H16N4O3S. The number of rotatable bonds is 5. The van der Waals surface area contributed by atoms with Gasteiger partial charge < -0.3 is 4.74 Å². The number of ether oxygens (including phenoxy) is 1. The van der Waals surface area contributed by atoms with Crippen LogP contribution >= 0.6 is 11.3 Å². The van der Waals surface area contributed by atoms with Crippen molar-refractivity contribution < 1.29 is 9.53 Å². The molecule has 0 spiro atoms. The Morgan fingerprint density at radius 3 is 2.42 bits per heavy atom. The van der Waals surface area contributed by atoms with Gasteiger partial charge >= 0.3 is 5.97 Å². The molecule has 0 saturated heterocycles. The lowest BCUT2D eigenvalue weighted by atomic mass is 10.2. The molecule has 0 unspecified atom stereocenters. The van der Waals surface area contributed by atoms with Crippen LogP contribution in [-0.2, 0) is 4.79 Å². The number of hydrogen-bond donors (Lipinski definition) is 0. The Kier molecular flexibility index (Phi) is 5.57. The van der Waals surface area contributed by atoms with E-state index in [0.717, 1.165) is 16.7 Å². The molecular weight excluding hydrogens is 436 g/mol. The van der Waals surface area contributed by atoms with Crippen LogP contribution in [0.5, 0.6) is 5.75 Å². The average Bonchev–Trinajstić information content (AvgIpc) is 3.40. The number of hydrogen-bond acceptors (Lipinski definition) is 7. The van der Waals surface area contributed by atoms with Gasteiger partial charge in [-0.2, -0.15) is 0 Å². The Morgan fingerprint density at radius 2 is 1.67 bits per heavy atom. The van der Waals surface area contributed by atoms with Crippen molar-refractivity contribution in [2.75, 3.05) is 0 Å². The normalized spacial score (nSPS) is 11.9. The van der Waals surface area contributed by atoms with Crippen LogP contribution in [0.4, 0.5) is 0 Å². The largest absolute Gasteiger partial charge is 0.423 e. The van der Waals surface area contributed by atoms with Crippen molar-refractivity contribution in [3.05, 3.63) is 111 Å². The summed E-state index contributed by atoms with van der Waals surface area (Å²) in [5.41, 5.74) is 2.30. The molecule has 0 aliphatic carbocycles. The lowest BCUT2D eigenvalue weighted by molar-refractivity contribution is -0.128. The summed E-state index contributed by atoms with van der Waals surface area (Å²) in [4.78, 5) is 29.5. The van der Waals surface area contributed by atoms with Crippen LogP contribution in [-0.4, -0.2) is 25.6 Å². The molecule has 0 atom stereocenters. The standard InChI is InChI=1S/C25H16N4O3S/c30-22(11-8-17-4-2-1-3-5-17)32-20-9-6-18(7-10-20)16-21-24(31)29-23(27-28-25(29)33-21)19-12-14-26-15-13-19/h1-16H/b11-8+,21-16-. The fourth-order valence-corrected chi connectivity index (χ4v) is 4.13. The van der Waals surface area contributed by atoms with Crippen LogP contribution in [0.2, 0.25) is 0 Å². The lowest BCUT2D eigenvalue weighted by Gasteiger charge is -2.01. The van der Waals surface area contributed by atoms with Crippen LogP contribution in [0.15, 0.2) is 90.0 Å². The van der Waals surface area contributed by atoms with Gasteiger partial charge in [-0.1, -0.05) is 53.8 Å². The van der Waals surface area contributed by atoms with Crippen molar-refractivity contribution in [3.8, 4) is 17.1 Å². The van der Waals surface area contributed by atoms with Crippen LogP contribution in [0.25, 0.3) is 28.5 Å². The molecule has 0 fully saturated rings. The SMILES string of the molecule is O=C(/C=C/c1ccccc1)Oc1ccc(/C=c2\sc3nnc(-c4ccncc4)n3c2=O)cc1. The van der Waals surface area contributed by atoms with Crippen LogP contribution < -0.4 is 14.8 Å². The van der Waals surface area contributed by atoms with Crippen LogP contribution in [0, 0.1) is 0 Å². The highest BCUT2D eigenvalue weighted by Gasteiger charge is 2.13. The van der Waals surface area contributed by atoms with Gasteiger partial charge in [-0.3, -0.25) is 9.78 Å². The molecule has 3 aromatic heterocycles. The first-order chi connectivity index (χ1) is 16.2. The molecule has 33 heavy (non-hydrogen) atoms. The second-order valence-corrected chi connectivity index (χ2v) is 8.04. The van der Waals surface area contributed by atoms with Crippen LogP contribution in [0.3, 0.4) is 0 Å². The van der Waals surface area contributed by atoms with Crippen molar-refractivity contribution >= 4 is 34.4 Å². The minimum atomic E-state index is -0.465. The number of esters is 1. The summed E-state index contributed by atoms with van der Waals surface area (Å²) in [5.74, 6) is 0.439. The molecule has 0 bridgehead atoms. The van der Waals surface area contributed by atoms with Gasteiger partial charge in [-0.15, -0.1) is 10.2 Å². The summed E-state index contributed by atoms with van der Waals surface area (Å²) in [6.45, 7) is 0. The summed E-state index contributed by atoms with van der Waals surface area (Å²) in [6.07, 6.45) is 8.15. The van der Waals surface area contributed by atoms with Crippen molar-refractivity contribution in [1.29, 1.82) is 0 Å². The first-order valence-corrected chi connectivity index (χ1v) is 10.8. The predicted octanol–water partition coefficient (Wildman–Crippen LogP) is 3.38. The predicted molar refractivity (Wildman–Crippen MR) is 127 cm³/mol. The number of thiazole rings is 1. The van der Waals surface area contributed by atoms with E-state index >= 15 is 0 Å². The Morgan fingerprint density at radius 1 is 0.909 bits per heavy atom. The molecule has 8 heteroatoms. The van der Waals surface area contributed by atoms with E-state index in [1.807, 2.05) is 30.3 Å². The van der Waals surface area contributed by atoms with Gasteiger partial charge in [0.15, 0.2) is 5.82 Å². The second-order valence-electron chi connectivity index (χ2n) is 7.03. The summed E-state index contributed by atoms with van der Waals surface area (Å²) >= 11 is 1.26. The minimum absolute atomic E-state index is 0.187. The maximum Gasteiger partial charge on any atom is 0.336 e. The number of carbonyl (C=O) groups is 1. The number of nitrogens with zero attached hydrogens (tertiary/aromatic N) is 4. The summed E-state index contributed by atoms with van der Waals surface area (Å²) in [6, 6.07) is 20.0. The zero-order chi connectivity index (χ0) is 22.6. The van der Waals surface area contributed by atoms with Crippen molar-refractivity contribution in [1.82, 2.24) is 19.6 Å². The molecule has 160 valence electrons. The van der Waals surface area contributed by atoms with Crippen molar-refractivity contribution in [2.45, 2.75) is 0 Å². The minimum Gasteiger partial charge on any atom is -0.423 e. The molecule has 3 heterocycles. The average molecular weight is 452 g/mol.